The number of carbonyl (C=O) groups excluding carboxylic acids is 1. The molecule has 1 aliphatic heterocycles. The third-order valence-electron chi connectivity index (χ3n) is 4.38. The van der Waals surface area contributed by atoms with E-state index in [1.807, 2.05) is 0 Å². The lowest BCUT2D eigenvalue weighted by molar-refractivity contribution is -0.305. The van der Waals surface area contributed by atoms with Crippen molar-refractivity contribution in [3.63, 3.8) is 0 Å². The van der Waals surface area contributed by atoms with Gasteiger partial charge in [-0.3, -0.25) is 4.18 Å². The first-order chi connectivity index (χ1) is 12.7. The number of aliphatic carboxylic acids is 1. The van der Waals surface area contributed by atoms with Crippen molar-refractivity contribution in [3.05, 3.63) is 11.8 Å². The van der Waals surface area contributed by atoms with E-state index in [2.05, 4.69) is 4.18 Å². The Bertz CT molecular complexity index is 573. The minimum Gasteiger partial charge on any atom is -0.726 e. The molecule has 0 aromatic carbocycles. The lowest BCUT2D eigenvalue weighted by Gasteiger charge is -2.35. The number of hydrogen-bond donors (Lipinski definition) is 2. The second-order valence-corrected chi connectivity index (χ2v) is 7.64. The van der Waals surface area contributed by atoms with Gasteiger partial charge in [-0.05, 0) is 25.3 Å². The monoisotopic (exact) mass is 408 g/mol. The zero-order valence-corrected chi connectivity index (χ0v) is 16.1. The Morgan fingerprint density at radius 3 is 2.07 bits per heavy atom. The summed E-state index contributed by atoms with van der Waals surface area (Å²) in [6.07, 6.45) is 5.38. The van der Waals surface area contributed by atoms with Gasteiger partial charge in [-0.25, -0.2) is 8.42 Å². The molecule has 3 atom stereocenters. The Kier molecular flexibility index (Phi) is 10.9. The van der Waals surface area contributed by atoms with Crippen molar-refractivity contribution in [1.29, 1.82) is 0 Å². The SMILES string of the molecule is O=C([O-])C1=C[C@@H](O)C(OS(=O)(=O)[O-])[C@H](CCCCCCCCCCCO)O1. The number of hydrogen-bond acceptors (Lipinski definition) is 9. The number of aliphatic hydroxyl groups is 2. The third-order valence-corrected chi connectivity index (χ3v) is 4.84. The molecule has 0 aromatic rings. The molecule has 0 aliphatic carbocycles. The van der Waals surface area contributed by atoms with Crippen molar-refractivity contribution in [3.8, 4) is 0 Å². The first kappa shape index (κ1) is 23.8. The van der Waals surface area contributed by atoms with Crippen LogP contribution in [0.25, 0.3) is 0 Å². The molecule has 1 rings (SSSR count). The topological polar surface area (TPSA) is 156 Å². The predicted octanol–water partition coefficient (Wildman–Crippen LogP) is 0.119. The highest BCUT2D eigenvalue weighted by Crippen LogP contribution is 2.26. The van der Waals surface area contributed by atoms with E-state index in [1.165, 1.54) is 0 Å². The zero-order chi connectivity index (χ0) is 20.3. The van der Waals surface area contributed by atoms with Gasteiger partial charge >= 0.3 is 0 Å². The molecule has 0 fully saturated rings. The van der Waals surface area contributed by atoms with E-state index in [1.54, 1.807) is 0 Å². The van der Waals surface area contributed by atoms with E-state index in [-0.39, 0.29) is 13.0 Å². The number of rotatable bonds is 14. The zero-order valence-electron chi connectivity index (χ0n) is 15.2. The molecule has 10 heteroatoms. The van der Waals surface area contributed by atoms with Gasteiger partial charge in [-0.2, -0.15) is 0 Å². The highest BCUT2D eigenvalue weighted by atomic mass is 32.3. The standard InChI is InChI=1S/C17H30O9S/c18-11-9-7-5-3-1-2-4-6-8-10-14-16(26-27(22,23)24)13(19)12-15(25-14)17(20)21/h12-14,16,18-19H,1-11H2,(H,20,21)(H,22,23,24)/p-2/t13-,14+,16?/m1/s1. The molecule has 0 saturated carbocycles. The molecular formula is C17H28O9S-2. The number of carboxylic acids is 1. The predicted molar refractivity (Wildman–Crippen MR) is 91.8 cm³/mol. The minimum absolute atomic E-state index is 0.227. The number of carboxylic acid groups (broad SMARTS) is 1. The van der Waals surface area contributed by atoms with E-state index < -0.39 is 40.4 Å². The summed E-state index contributed by atoms with van der Waals surface area (Å²) in [6, 6.07) is 0. The van der Waals surface area contributed by atoms with Gasteiger partial charge in [-0.15, -0.1) is 0 Å². The average Bonchev–Trinajstić information content (AvgIpc) is 2.57. The van der Waals surface area contributed by atoms with Crippen LogP contribution in [0.5, 0.6) is 0 Å². The number of ether oxygens (including phenoxy) is 1. The van der Waals surface area contributed by atoms with Gasteiger partial charge in [0.15, 0.2) is 0 Å². The molecule has 9 nitrogen and oxygen atoms in total. The van der Waals surface area contributed by atoms with Crippen LogP contribution >= 0.6 is 0 Å². The lowest BCUT2D eigenvalue weighted by Crippen LogP contribution is -2.47. The maximum atomic E-state index is 10.9. The largest absolute Gasteiger partial charge is 0.726 e. The summed E-state index contributed by atoms with van der Waals surface area (Å²) in [6.45, 7) is 0.227. The first-order valence-electron chi connectivity index (χ1n) is 9.27. The number of carbonyl (C=O) groups is 1. The fourth-order valence-corrected chi connectivity index (χ4v) is 3.54. The molecule has 27 heavy (non-hydrogen) atoms. The molecule has 0 saturated heterocycles. The van der Waals surface area contributed by atoms with Gasteiger partial charge in [0.1, 0.15) is 30.0 Å². The Balaban J connectivity index is 2.38. The van der Waals surface area contributed by atoms with Gasteiger partial charge in [0.2, 0.25) is 10.4 Å². The molecule has 0 radical (unpaired) electrons. The summed E-state index contributed by atoms with van der Waals surface area (Å²) in [5.41, 5.74) is 0. The molecule has 0 aromatic heterocycles. The minimum atomic E-state index is -5.08. The van der Waals surface area contributed by atoms with Crippen molar-refractivity contribution < 1.29 is 42.0 Å². The van der Waals surface area contributed by atoms with E-state index >= 15 is 0 Å². The molecule has 0 spiro atoms. The van der Waals surface area contributed by atoms with Crippen LogP contribution in [-0.4, -0.2) is 54.1 Å². The normalized spacial score (nSPS) is 22.9. The molecule has 158 valence electrons. The van der Waals surface area contributed by atoms with E-state index in [4.69, 9.17) is 9.84 Å². The van der Waals surface area contributed by atoms with Crippen LogP contribution in [0.3, 0.4) is 0 Å². The van der Waals surface area contributed by atoms with E-state index in [0.29, 0.717) is 6.42 Å². The summed E-state index contributed by atoms with van der Waals surface area (Å²) >= 11 is 0. The molecular weight excluding hydrogens is 380 g/mol. The maximum Gasteiger partial charge on any atom is 0.218 e. The van der Waals surface area contributed by atoms with Gasteiger partial charge in [0, 0.05) is 6.61 Å². The van der Waals surface area contributed by atoms with Crippen LogP contribution in [0.15, 0.2) is 11.8 Å². The first-order valence-corrected chi connectivity index (χ1v) is 10.6. The van der Waals surface area contributed by atoms with Crippen LogP contribution in [-0.2, 0) is 24.1 Å². The number of aliphatic hydroxyl groups excluding tert-OH is 2. The quantitative estimate of drug-likeness (QED) is 0.231. The molecule has 1 unspecified atom stereocenters. The van der Waals surface area contributed by atoms with Crippen molar-refractivity contribution in [2.45, 2.75) is 82.5 Å². The summed E-state index contributed by atoms with van der Waals surface area (Å²) < 4.78 is 42.0. The van der Waals surface area contributed by atoms with Crippen molar-refractivity contribution in [2.75, 3.05) is 6.61 Å². The Morgan fingerprint density at radius 1 is 1.07 bits per heavy atom. The molecule has 1 aliphatic rings. The average molecular weight is 408 g/mol. The van der Waals surface area contributed by atoms with Gasteiger partial charge in [-0.1, -0.05) is 44.9 Å². The fraction of sp³-hybridized carbons (Fsp3) is 0.824. The Labute approximate surface area is 159 Å². The lowest BCUT2D eigenvalue weighted by atomic mass is 9.98. The second-order valence-electron chi connectivity index (χ2n) is 6.63. The van der Waals surface area contributed by atoms with Crippen molar-refractivity contribution in [2.24, 2.45) is 0 Å². The van der Waals surface area contributed by atoms with E-state index in [0.717, 1.165) is 57.4 Å². The fourth-order valence-electron chi connectivity index (χ4n) is 3.03. The number of unbranched alkanes of at least 4 members (excludes halogenated alkanes) is 8. The second kappa shape index (κ2) is 12.3. The maximum absolute atomic E-state index is 10.9. The molecule has 0 bridgehead atoms. The van der Waals surface area contributed by atoms with Crippen LogP contribution in [0.2, 0.25) is 0 Å². The Morgan fingerprint density at radius 2 is 1.59 bits per heavy atom. The molecule has 0 amide bonds. The molecule has 2 N–H and O–H groups in total. The highest BCUT2D eigenvalue weighted by Gasteiger charge is 2.36. The van der Waals surface area contributed by atoms with Gasteiger partial charge in [0.05, 0.1) is 0 Å². The molecule has 1 heterocycles. The van der Waals surface area contributed by atoms with Crippen LogP contribution in [0.4, 0.5) is 0 Å². The summed E-state index contributed by atoms with van der Waals surface area (Å²) in [7, 11) is -5.08. The van der Waals surface area contributed by atoms with Crippen molar-refractivity contribution in [1.82, 2.24) is 0 Å². The highest BCUT2D eigenvalue weighted by molar-refractivity contribution is 7.80. The van der Waals surface area contributed by atoms with Crippen LogP contribution < -0.4 is 5.11 Å². The Hall–Kier alpha value is -1.20. The summed E-state index contributed by atoms with van der Waals surface area (Å²) in [4.78, 5) is 10.9. The summed E-state index contributed by atoms with van der Waals surface area (Å²) in [5, 5.41) is 29.5. The van der Waals surface area contributed by atoms with E-state index in [9.17, 15) is 28.0 Å². The van der Waals surface area contributed by atoms with Crippen LogP contribution in [0, 0.1) is 0 Å². The van der Waals surface area contributed by atoms with Gasteiger partial charge in [0.25, 0.3) is 0 Å². The summed E-state index contributed by atoms with van der Waals surface area (Å²) in [5.74, 6) is -2.23. The smallest absolute Gasteiger partial charge is 0.218 e. The van der Waals surface area contributed by atoms with Crippen LogP contribution in [0.1, 0.15) is 64.2 Å². The van der Waals surface area contributed by atoms with Gasteiger partial charge < -0.3 is 29.4 Å². The van der Waals surface area contributed by atoms with Crippen molar-refractivity contribution >= 4 is 16.4 Å². The third kappa shape index (κ3) is 10.1.